The van der Waals surface area contributed by atoms with Gasteiger partial charge >= 0.3 is 0 Å². The zero-order chi connectivity index (χ0) is 16.0. The Morgan fingerprint density at radius 2 is 2.09 bits per heavy atom. The Morgan fingerprint density at radius 3 is 2.64 bits per heavy atom. The maximum atomic E-state index is 4.39. The third-order valence-electron chi connectivity index (χ3n) is 4.44. The van der Waals surface area contributed by atoms with E-state index < -0.39 is 0 Å². The van der Waals surface area contributed by atoms with Crippen molar-refractivity contribution < 1.29 is 0 Å². The number of aryl methyl sites for hydroxylation is 1. The predicted octanol–water partition coefficient (Wildman–Crippen LogP) is 3.72. The van der Waals surface area contributed by atoms with Gasteiger partial charge in [0.25, 0.3) is 0 Å². The van der Waals surface area contributed by atoms with Gasteiger partial charge in [-0.15, -0.1) is 11.3 Å². The Morgan fingerprint density at radius 1 is 1.36 bits per heavy atom. The van der Waals surface area contributed by atoms with E-state index in [2.05, 4.69) is 41.4 Å². The largest absolute Gasteiger partial charge is 0.356 e. The summed E-state index contributed by atoms with van der Waals surface area (Å²) in [5, 5.41) is 8.04. The van der Waals surface area contributed by atoms with E-state index in [0.717, 1.165) is 30.0 Å². The van der Waals surface area contributed by atoms with Crippen molar-refractivity contribution in [2.75, 3.05) is 13.6 Å². The van der Waals surface area contributed by atoms with Crippen LogP contribution in [-0.2, 0) is 6.54 Å². The first-order valence-corrected chi connectivity index (χ1v) is 9.20. The van der Waals surface area contributed by atoms with Crippen molar-refractivity contribution in [1.29, 1.82) is 0 Å². The summed E-state index contributed by atoms with van der Waals surface area (Å²) >= 11 is 1.73. The highest BCUT2D eigenvalue weighted by Gasteiger charge is 2.34. The molecule has 0 radical (unpaired) electrons. The minimum Gasteiger partial charge on any atom is -0.356 e. The van der Waals surface area contributed by atoms with Gasteiger partial charge in [0.2, 0.25) is 0 Å². The molecule has 22 heavy (non-hydrogen) atoms. The van der Waals surface area contributed by atoms with Gasteiger partial charge < -0.3 is 10.6 Å². The second-order valence-electron chi connectivity index (χ2n) is 6.95. The normalized spacial score (nSPS) is 18.0. The Hall–Kier alpha value is -1.10. The molecule has 0 atom stereocenters. The number of aliphatic imine (C=N–C) groups is 1. The average Bonchev–Trinajstić information content (AvgIpc) is 3.08. The van der Waals surface area contributed by atoms with E-state index >= 15 is 0 Å². The van der Waals surface area contributed by atoms with Crippen LogP contribution in [-0.4, -0.2) is 24.5 Å². The van der Waals surface area contributed by atoms with Crippen LogP contribution < -0.4 is 10.6 Å². The Bertz CT molecular complexity index is 487. The zero-order valence-electron chi connectivity index (χ0n) is 14.4. The van der Waals surface area contributed by atoms with E-state index in [1.54, 1.807) is 11.3 Å². The highest BCUT2D eigenvalue weighted by atomic mass is 32.1. The van der Waals surface area contributed by atoms with Crippen molar-refractivity contribution in [1.82, 2.24) is 15.6 Å². The molecule has 1 fully saturated rings. The minimum atomic E-state index is 0.462. The molecule has 0 aliphatic heterocycles. The highest BCUT2D eigenvalue weighted by Crippen LogP contribution is 2.42. The molecule has 1 aromatic rings. The van der Waals surface area contributed by atoms with Crippen molar-refractivity contribution in [3.05, 3.63) is 16.1 Å². The lowest BCUT2D eigenvalue weighted by Crippen LogP contribution is -2.43. The molecule has 0 aromatic carbocycles. The van der Waals surface area contributed by atoms with Gasteiger partial charge in [-0.2, -0.15) is 0 Å². The van der Waals surface area contributed by atoms with Crippen molar-refractivity contribution in [3.8, 4) is 0 Å². The van der Waals surface area contributed by atoms with Crippen molar-refractivity contribution in [2.45, 2.75) is 59.4 Å². The predicted molar refractivity (Wildman–Crippen MR) is 95.4 cm³/mol. The molecule has 1 saturated carbocycles. The number of nitrogens with zero attached hydrogens (tertiary/aromatic N) is 2. The number of hydrogen-bond donors (Lipinski definition) is 2. The standard InChI is InChI=1S/C17H30N4S/c1-13(2)9-17(7-5-6-8-17)12-21-16(18-4)20-11-15-19-10-14(3)22-15/h10,13H,5-9,11-12H2,1-4H3,(H2,18,20,21). The molecule has 5 heteroatoms. The summed E-state index contributed by atoms with van der Waals surface area (Å²) in [7, 11) is 1.84. The van der Waals surface area contributed by atoms with Crippen LogP contribution in [0.3, 0.4) is 0 Å². The Balaban J connectivity index is 1.84. The van der Waals surface area contributed by atoms with E-state index in [1.165, 1.54) is 37.0 Å². The maximum Gasteiger partial charge on any atom is 0.191 e. The third kappa shape index (κ3) is 4.97. The summed E-state index contributed by atoms with van der Waals surface area (Å²) in [6.07, 6.45) is 8.68. The molecule has 1 aromatic heterocycles. The fourth-order valence-electron chi connectivity index (χ4n) is 3.58. The van der Waals surface area contributed by atoms with Gasteiger partial charge in [-0.1, -0.05) is 26.7 Å². The molecule has 0 unspecified atom stereocenters. The Labute approximate surface area is 138 Å². The van der Waals surface area contributed by atoms with E-state index in [0.29, 0.717) is 5.41 Å². The van der Waals surface area contributed by atoms with Gasteiger partial charge in [0.1, 0.15) is 5.01 Å². The lowest BCUT2D eigenvalue weighted by molar-refractivity contribution is 0.235. The monoisotopic (exact) mass is 322 g/mol. The number of aromatic nitrogens is 1. The minimum absolute atomic E-state index is 0.462. The van der Waals surface area contributed by atoms with Crippen LogP contribution in [0.15, 0.2) is 11.2 Å². The third-order valence-corrected chi connectivity index (χ3v) is 5.35. The number of guanidine groups is 1. The zero-order valence-corrected chi connectivity index (χ0v) is 15.2. The van der Waals surface area contributed by atoms with E-state index in [9.17, 15) is 0 Å². The van der Waals surface area contributed by atoms with E-state index in [4.69, 9.17) is 0 Å². The molecule has 1 heterocycles. The first kappa shape index (κ1) is 17.3. The first-order valence-electron chi connectivity index (χ1n) is 8.39. The van der Waals surface area contributed by atoms with Crippen LogP contribution in [0.4, 0.5) is 0 Å². The fourth-order valence-corrected chi connectivity index (χ4v) is 4.31. The fraction of sp³-hybridized carbons (Fsp3) is 0.765. The summed E-state index contributed by atoms with van der Waals surface area (Å²) in [5.74, 6) is 1.65. The summed E-state index contributed by atoms with van der Waals surface area (Å²) in [4.78, 5) is 9.99. The molecule has 0 spiro atoms. The molecular weight excluding hydrogens is 292 g/mol. The van der Waals surface area contributed by atoms with Crippen molar-refractivity contribution in [3.63, 3.8) is 0 Å². The lowest BCUT2D eigenvalue weighted by Gasteiger charge is -2.31. The molecule has 2 N–H and O–H groups in total. The second-order valence-corrected chi connectivity index (χ2v) is 8.27. The number of rotatable bonds is 6. The van der Waals surface area contributed by atoms with Crippen LogP contribution in [0.2, 0.25) is 0 Å². The summed E-state index contributed by atoms with van der Waals surface area (Å²) in [6.45, 7) is 8.52. The topological polar surface area (TPSA) is 49.3 Å². The molecule has 0 saturated heterocycles. The molecule has 0 bridgehead atoms. The first-order chi connectivity index (χ1) is 10.5. The summed E-state index contributed by atoms with van der Waals surface area (Å²) < 4.78 is 0. The molecule has 0 amide bonds. The van der Waals surface area contributed by atoms with Crippen LogP contribution in [0.1, 0.15) is 55.8 Å². The SMILES string of the molecule is CN=C(NCc1ncc(C)s1)NCC1(CC(C)C)CCCC1. The maximum absolute atomic E-state index is 4.39. The Kier molecular flexibility index (Phi) is 6.24. The van der Waals surface area contributed by atoms with Crippen LogP contribution in [0.5, 0.6) is 0 Å². The molecule has 1 aliphatic rings. The molecule has 1 aliphatic carbocycles. The van der Waals surface area contributed by atoms with Gasteiger partial charge in [-0.3, -0.25) is 4.99 Å². The van der Waals surface area contributed by atoms with Gasteiger partial charge in [-0.25, -0.2) is 4.98 Å². The van der Waals surface area contributed by atoms with Gasteiger partial charge in [0.05, 0.1) is 6.54 Å². The summed E-state index contributed by atoms with van der Waals surface area (Å²) in [5.41, 5.74) is 0.462. The lowest BCUT2D eigenvalue weighted by atomic mass is 9.78. The smallest absolute Gasteiger partial charge is 0.191 e. The number of thiazole rings is 1. The molecule has 124 valence electrons. The average molecular weight is 323 g/mol. The molecule has 4 nitrogen and oxygen atoms in total. The van der Waals surface area contributed by atoms with Crippen molar-refractivity contribution in [2.24, 2.45) is 16.3 Å². The van der Waals surface area contributed by atoms with Crippen molar-refractivity contribution >= 4 is 17.3 Å². The van der Waals surface area contributed by atoms with Crippen LogP contribution in [0, 0.1) is 18.3 Å². The van der Waals surface area contributed by atoms with Crippen LogP contribution in [0.25, 0.3) is 0 Å². The quantitative estimate of drug-likeness (QED) is 0.620. The highest BCUT2D eigenvalue weighted by molar-refractivity contribution is 7.11. The molecular formula is C17H30N4S. The molecule has 2 rings (SSSR count). The van der Waals surface area contributed by atoms with E-state index in [1.807, 2.05) is 13.2 Å². The second kappa shape index (κ2) is 7.95. The number of nitrogens with one attached hydrogen (secondary N) is 2. The van der Waals surface area contributed by atoms with Gasteiger partial charge in [0, 0.05) is 24.7 Å². The van der Waals surface area contributed by atoms with E-state index in [-0.39, 0.29) is 0 Å². The number of hydrogen-bond acceptors (Lipinski definition) is 3. The summed E-state index contributed by atoms with van der Waals surface area (Å²) in [6, 6.07) is 0. The van der Waals surface area contributed by atoms with Crippen LogP contribution >= 0.6 is 11.3 Å². The van der Waals surface area contributed by atoms with Gasteiger partial charge in [0.15, 0.2) is 5.96 Å². The van der Waals surface area contributed by atoms with Gasteiger partial charge in [-0.05, 0) is 37.5 Å².